The van der Waals surface area contributed by atoms with E-state index >= 15 is 0 Å². The van der Waals surface area contributed by atoms with E-state index in [1.807, 2.05) is 0 Å². The molecule has 0 unspecified atom stereocenters. The molecule has 1 aromatic rings. The monoisotopic (exact) mass is 420 g/mol. The summed E-state index contributed by atoms with van der Waals surface area (Å²) in [5.74, 6) is -1.78. The van der Waals surface area contributed by atoms with Gasteiger partial charge in [0.2, 0.25) is 0 Å². The van der Waals surface area contributed by atoms with Crippen molar-refractivity contribution in [1.29, 1.82) is 0 Å². The lowest BCUT2D eigenvalue weighted by Crippen LogP contribution is -2.45. The van der Waals surface area contributed by atoms with Gasteiger partial charge in [0, 0.05) is 5.57 Å². The van der Waals surface area contributed by atoms with Crippen LogP contribution >= 0.6 is 0 Å². The van der Waals surface area contributed by atoms with E-state index in [0.29, 0.717) is 12.8 Å². The second kappa shape index (κ2) is 7.70. The molecule has 1 aliphatic carbocycles. The van der Waals surface area contributed by atoms with Crippen LogP contribution in [0.3, 0.4) is 0 Å². The molecule has 0 aromatic heterocycles. The second-order valence-corrected chi connectivity index (χ2v) is 14.6. The van der Waals surface area contributed by atoms with Crippen LogP contribution in [0.2, 0.25) is 18.1 Å². The number of rotatable bonds is 6. The van der Waals surface area contributed by atoms with E-state index in [-0.39, 0.29) is 33.2 Å². The Balaban J connectivity index is 2.52. The molecule has 7 heteroatoms. The van der Waals surface area contributed by atoms with Crippen molar-refractivity contribution in [2.24, 2.45) is 0 Å². The van der Waals surface area contributed by atoms with Gasteiger partial charge in [0.1, 0.15) is 11.5 Å². The van der Waals surface area contributed by atoms with Gasteiger partial charge in [-0.2, -0.15) is 0 Å². The SMILES string of the molecule is CC(C)(O)CC[C@H](O[Si](C)(C)C(C)(C)C)C1=CC(=O)c2c(O)ccc(O)c2C1=O. The molecule has 0 bridgehead atoms. The van der Waals surface area contributed by atoms with Gasteiger partial charge in [0.15, 0.2) is 19.9 Å². The molecule has 6 nitrogen and oxygen atoms in total. The molecule has 0 radical (unpaired) electrons. The minimum Gasteiger partial charge on any atom is -0.507 e. The molecule has 29 heavy (non-hydrogen) atoms. The minimum absolute atomic E-state index is 0.124. The number of benzene rings is 1. The summed E-state index contributed by atoms with van der Waals surface area (Å²) in [5, 5.41) is 30.3. The van der Waals surface area contributed by atoms with Crippen LogP contribution in [0.5, 0.6) is 11.5 Å². The average Bonchev–Trinajstić information content (AvgIpc) is 2.55. The van der Waals surface area contributed by atoms with Crippen molar-refractivity contribution in [3.63, 3.8) is 0 Å². The van der Waals surface area contributed by atoms with Gasteiger partial charge in [-0.25, -0.2) is 0 Å². The summed E-state index contributed by atoms with van der Waals surface area (Å²) in [6, 6.07) is 2.39. The maximum atomic E-state index is 13.2. The molecule has 1 aliphatic rings. The summed E-state index contributed by atoms with van der Waals surface area (Å²) < 4.78 is 6.48. The predicted molar refractivity (Wildman–Crippen MR) is 114 cm³/mol. The molecule has 160 valence electrons. The number of fused-ring (bicyclic) bond motifs is 1. The van der Waals surface area contributed by atoms with Crippen molar-refractivity contribution in [2.75, 3.05) is 0 Å². The van der Waals surface area contributed by atoms with Crippen molar-refractivity contribution in [1.82, 2.24) is 0 Å². The number of allylic oxidation sites excluding steroid dienone is 1. The molecule has 0 aliphatic heterocycles. The van der Waals surface area contributed by atoms with Crippen LogP contribution in [-0.4, -0.2) is 46.9 Å². The van der Waals surface area contributed by atoms with Gasteiger partial charge in [-0.15, -0.1) is 0 Å². The van der Waals surface area contributed by atoms with Crippen molar-refractivity contribution >= 4 is 19.9 Å². The average molecular weight is 421 g/mol. The number of hydrogen-bond acceptors (Lipinski definition) is 6. The van der Waals surface area contributed by atoms with Gasteiger partial charge in [0.25, 0.3) is 0 Å². The largest absolute Gasteiger partial charge is 0.507 e. The Hall–Kier alpha value is -1.96. The standard InChI is InChI=1S/C22H32O6Si/c1-21(2,3)29(6,7)28-17(10-11-22(4,5)27)13-12-16(25)18-14(23)8-9-15(24)19(18)20(13)26/h8-9,12,17,23-24,27H,10-11H2,1-7H3/t17-/m0/s1. The topological polar surface area (TPSA) is 104 Å². The number of hydrogen-bond donors (Lipinski definition) is 3. The number of aromatic hydroxyl groups is 2. The lowest BCUT2D eigenvalue weighted by molar-refractivity contribution is 0.0546. The Morgan fingerprint density at radius 1 is 1.00 bits per heavy atom. The van der Waals surface area contributed by atoms with Gasteiger partial charge in [-0.3, -0.25) is 9.59 Å². The van der Waals surface area contributed by atoms with E-state index in [9.17, 15) is 24.9 Å². The number of Topliss-reactive ketones (excluding diaryl/α,β-unsaturated/α-hetero) is 1. The van der Waals surface area contributed by atoms with Gasteiger partial charge in [-0.05, 0) is 63.0 Å². The van der Waals surface area contributed by atoms with Crippen LogP contribution in [-0.2, 0) is 4.43 Å². The number of aliphatic hydroxyl groups is 1. The van der Waals surface area contributed by atoms with Crippen LogP contribution in [0.1, 0.15) is 68.2 Å². The first-order valence-electron chi connectivity index (χ1n) is 9.81. The molecule has 0 spiro atoms. The van der Waals surface area contributed by atoms with Crippen LogP contribution in [0.4, 0.5) is 0 Å². The first-order chi connectivity index (χ1) is 13.0. The molecule has 1 atom stereocenters. The summed E-state index contributed by atoms with van der Waals surface area (Å²) >= 11 is 0. The fourth-order valence-electron chi connectivity index (χ4n) is 3.02. The minimum atomic E-state index is -2.31. The summed E-state index contributed by atoms with van der Waals surface area (Å²) in [5.41, 5.74) is -1.19. The Bertz CT molecular complexity index is 855. The van der Waals surface area contributed by atoms with E-state index < -0.39 is 31.6 Å². The fourth-order valence-corrected chi connectivity index (χ4v) is 4.33. The highest BCUT2D eigenvalue weighted by molar-refractivity contribution is 6.74. The Kier molecular flexibility index (Phi) is 6.19. The van der Waals surface area contributed by atoms with E-state index in [2.05, 4.69) is 33.9 Å². The number of phenolic OH excluding ortho intramolecular Hbond substituents is 2. The lowest BCUT2D eigenvalue weighted by atomic mass is 9.84. The van der Waals surface area contributed by atoms with E-state index in [4.69, 9.17) is 4.43 Å². The van der Waals surface area contributed by atoms with E-state index in [0.717, 1.165) is 0 Å². The quantitative estimate of drug-likeness (QED) is 0.467. The number of ketones is 2. The highest BCUT2D eigenvalue weighted by Crippen LogP contribution is 2.41. The van der Waals surface area contributed by atoms with Crippen LogP contribution in [0.15, 0.2) is 23.8 Å². The molecule has 1 aromatic carbocycles. The Morgan fingerprint density at radius 2 is 1.52 bits per heavy atom. The summed E-state index contributed by atoms with van der Waals surface area (Å²) in [4.78, 5) is 25.9. The fraction of sp³-hybridized carbons (Fsp3) is 0.545. The molecule has 0 saturated heterocycles. The van der Waals surface area contributed by atoms with Crippen molar-refractivity contribution in [3.8, 4) is 11.5 Å². The molecule has 0 fully saturated rings. The van der Waals surface area contributed by atoms with Crippen LogP contribution in [0, 0.1) is 0 Å². The third kappa shape index (κ3) is 4.97. The van der Waals surface area contributed by atoms with Gasteiger partial charge in [0.05, 0.1) is 22.8 Å². The zero-order valence-electron chi connectivity index (χ0n) is 18.3. The van der Waals surface area contributed by atoms with E-state index in [1.54, 1.807) is 13.8 Å². The Labute approximate surface area is 173 Å². The summed E-state index contributed by atoms with van der Waals surface area (Å²) in [7, 11) is -2.31. The maximum absolute atomic E-state index is 13.2. The highest BCUT2D eigenvalue weighted by Gasteiger charge is 2.42. The van der Waals surface area contributed by atoms with Crippen molar-refractivity contribution < 1.29 is 29.3 Å². The summed E-state index contributed by atoms with van der Waals surface area (Å²) in [6.45, 7) is 13.7. The normalized spacial score (nSPS) is 16.5. The van der Waals surface area contributed by atoms with Crippen molar-refractivity contribution in [3.05, 3.63) is 34.9 Å². The first kappa shape index (κ1) is 23.3. The predicted octanol–water partition coefficient (Wildman–Crippen LogP) is 4.34. The number of carbonyl (C=O) groups is 2. The molecule has 3 N–H and O–H groups in total. The molecule has 0 amide bonds. The lowest BCUT2D eigenvalue weighted by Gasteiger charge is -2.40. The smallest absolute Gasteiger partial charge is 0.196 e. The molecule has 0 heterocycles. The maximum Gasteiger partial charge on any atom is 0.196 e. The van der Waals surface area contributed by atoms with Crippen LogP contribution < -0.4 is 0 Å². The Morgan fingerprint density at radius 3 is 2.00 bits per heavy atom. The third-order valence-corrected chi connectivity index (χ3v) is 10.3. The van der Waals surface area contributed by atoms with Gasteiger partial charge < -0.3 is 19.7 Å². The van der Waals surface area contributed by atoms with Crippen molar-refractivity contribution in [2.45, 2.75) is 77.3 Å². The van der Waals surface area contributed by atoms with Gasteiger partial charge in [-0.1, -0.05) is 20.8 Å². The molecule has 2 rings (SSSR count). The highest BCUT2D eigenvalue weighted by atomic mass is 28.4. The van der Waals surface area contributed by atoms with E-state index in [1.165, 1.54) is 18.2 Å². The number of phenols is 2. The third-order valence-electron chi connectivity index (χ3n) is 5.79. The molecule has 0 saturated carbocycles. The second-order valence-electron chi connectivity index (χ2n) is 9.86. The zero-order valence-corrected chi connectivity index (χ0v) is 19.3. The first-order valence-corrected chi connectivity index (χ1v) is 12.7. The van der Waals surface area contributed by atoms with Crippen LogP contribution in [0.25, 0.3) is 0 Å². The van der Waals surface area contributed by atoms with Gasteiger partial charge >= 0.3 is 0 Å². The zero-order chi connectivity index (χ0) is 22.4. The number of carbonyl (C=O) groups excluding carboxylic acids is 2. The summed E-state index contributed by atoms with van der Waals surface area (Å²) in [6.07, 6.45) is 1.21. The molecular weight excluding hydrogens is 388 g/mol. The molecular formula is C22H32O6Si.